The molecule has 0 fully saturated rings. The van der Waals surface area contributed by atoms with E-state index < -0.39 is 5.97 Å². The van der Waals surface area contributed by atoms with Gasteiger partial charge in [-0.2, -0.15) is 0 Å². The maximum absolute atomic E-state index is 13.0. The molecule has 4 rings (SSSR count). The van der Waals surface area contributed by atoms with Crippen molar-refractivity contribution in [3.05, 3.63) is 93.6 Å². The zero-order valence-electron chi connectivity index (χ0n) is 18.2. The standard InChI is InChI=1S/C26H22Cl2N2O3/c1-16-6-9-18(10-7-16)25-29-23(26(32)33-13-12-31)24(19-4-3-5-20(27)14-19)30(25)22-15-21(28)11-8-17(22)2/h3-11,14-15,31H,12-13H2,1-2H3. The van der Waals surface area contributed by atoms with Crippen LogP contribution in [-0.4, -0.2) is 33.8 Å². The molecule has 5 nitrogen and oxygen atoms in total. The number of carbonyl (C=O) groups is 1. The number of hydrogen-bond donors (Lipinski definition) is 1. The lowest BCUT2D eigenvalue weighted by atomic mass is 10.1. The van der Waals surface area contributed by atoms with Crippen LogP contribution in [0.4, 0.5) is 0 Å². The summed E-state index contributed by atoms with van der Waals surface area (Å²) in [5, 5.41) is 10.2. The van der Waals surface area contributed by atoms with E-state index in [0.717, 1.165) is 22.4 Å². The van der Waals surface area contributed by atoms with Crippen LogP contribution in [0.5, 0.6) is 0 Å². The molecule has 0 atom stereocenters. The fourth-order valence-electron chi connectivity index (χ4n) is 3.63. The van der Waals surface area contributed by atoms with Crippen molar-refractivity contribution in [2.24, 2.45) is 0 Å². The molecule has 0 saturated carbocycles. The summed E-state index contributed by atoms with van der Waals surface area (Å²) in [5.74, 6) is -0.0721. The highest BCUT2D eigenvalue weighted by atomic mass is 35.5. The molecule has 0 amide bonds. The summed E-state index contributed by atoms with van der Waals surface area (Å²) in [7, 11) is 0. The molecule has 0 aliphatic carbocycles. The molecule has 1 aromatic heterocycles. The van der Waals surface area contributed by atoms with Gasteiger partial charge in [0.25, 0.3) is 0 Å². The molecule has 0 aliphatic heterocycles. The minimum absolute atomic E-state index is 0.126. The monoisotopic (exact) mass is 480 g/mol. The molecule has 33 heavy (non-hydrogen) atoms. The van der Waals surface area contributed by atoms with E-state index in [1.165, 1.54) is 0 Å². The summed E-state index contributed by atoms with van der Waals surface area (Å²) in [6.45, 7) is 3.57. The molecule has 0 unspecified atom stereocenters. The lowest BCUT2D eigenvalue weighted by molar-refractivity contribution is 0.0428. The van der Waals surface area contributed by atoms with Crippen molar-refractivity contribution in [2.75, 3.05) is 13.2 Å². The van der Waals surface area contributed by atoms with Gasteiger partial charge in [0.1, 0.15) is 12.4 Å². The minimum Gasteiger partial charge on any atom is -0.458 e. The first-order valence-corrected chi connectivity index (χ1v) is 11.1. The number of hydrogen-bond acceptors (Lipinski definition) is 4. The summed E-state index contributed by atoms with van der Waals surface area (Å²) in [6, 6.07) is 20.7. The number of aromatic nitrogens is 2. The number of imidazole rings is 1. The zero-order valence-corrected chi connectivity index (χ0v) is 19.7. The first-order chi connectivity index (χ1) is 15.9. The Morgan fingerprint density at radius 3 is 2.39 bits per heavy atom. The molecule has 7 heteroatoms. The smallest absolute Gasteiger partial charge is 0.359 e. The first kappa shape index (κ1) is 23.1. The number of nitrogens with zero attached hydrogens (tertiary/aromatic N) is 2. The van der Waals surface area contributed by atoms with Crippen LogP contribution in [0.15, 0.2) is 66.7 Å². The third-order valence-corrected chi connectivity index (χ3v) is 5.69. The van der Waals surface area contributed by atoms with Gasteiger partial charge in [-0.25, -0.2) is 9.78 Å². The summed E-state index contributed by atoms with van der Waals surface area (Å²) in [4.78, 5) is 17.8. The van der Waals surface area contributed by atoms with Crippen LogP contribution in [0.3, 0.4) is 0 Å². The largest absolute Gasteiger partial charge is 0.458 e. The fourth-order valence-corrected chi connectivity index (χ4v) is 3.98. The van der Waals surface area contributed by atoms with E-state index in [1.807, 2.05) is 73.0 Å². The van der Waals surface area contributed by atoms with E-state index in [0.29, 0.717) is 27.1 Å². The maximum Gasteiger partial charge on any atom is 0.359 e. The van der Waals surface area contributed by atoms with Crippen LogP contribution in [-0.2, 0) is 4.74 Å². The second kappa shape index (κ2) is 9.79. The Hall–Kier alpha value is -3.12. The first-order valence-electron chi connectivity index (χ1n) is 10.4. The van der Waals surface area contributed by atoms with Crippen LogP contribution < -0.4 is 0 Å². The van der Waals surface area contributed by atoms with Gasteiger partial charge in [0, 0.05) is 21.2 Å². The van der Waals surface area contributed by atoms with Gasteiger partial charge < -0.3 is 9.84 Å². The van der Waals surface area contributed by atoms with Crippen molar-refractivity contribution in [1.82, 2.24) is 9.55 Å². The Morgan fingerprint density at radius 1 is 0.970 bits per heavy atom. The number of aliphatic hydroxyl groups excluding tert-OH is 1. The summed E-state index contributed by atoms with van der Waals surface area (Å²) < 4.78 is 7.17. The van der Waals surface area contributed by atoms with E-state index in [-0.39, 0.29) is 18.9 Å². The summed E-state index contributed by atoms with van der Waals surface area (Å²) in [5.41, 5.74) is 5.01. The SMILES string of the molecule is Cc1ccc(-c2nc(C(=O)OCCO)c(-c3cccc(Cl)c3)n2-c2cc(Cl)ccc2C)cc1. The molecular formula is C26H22Cl2N2O3. The van der Waals surface area contributed by atoms with Gasteiger partial charge in [-0.05, 0) is 43.7 Å². The molecule has 0 saturated heterocycles. The summed E-state index contributed by atoms with van der Waals surface area (Å²) in [6.07, 6.45) is 0. The number of ether oxygens (including phenoxy) is 1. The van der Waals surface area contributed by atoms with E-state index in [2.05, 4.69) is 0 Å². The molecule has 0 spiro atoms. The minimum atomic E-state index is -0.634. The van der Waals surface area contributed by atoms with Crippen LogP contribution in [0.2, 0.25) is 10.0 Å². The Bertz CT molecular complexity index is 1310. The number of aryl methyl sites for hydroxylation is 2. The summed E-state index contributed by atoms with van der Waals surface area (Å²) >= 11 is 12.7. The van der Waals surface area contributed by atoms with Crippen LogP contribution in [0.1, 0.15) is 21.6 Å². The Kier molecular flexibility index (Phi) is 6.84. The Balaban J connectivity index is 2.09. The van der Waals surface area contributed by atoms with Gasteiger partial charge in [0.2, 0.25) is 0 Å². The molecule has 1 N–H and O–H groups in total. The van der Waals surface area contributed by atoms with E-state index in [4.69, 9.17) is 38.0 Å². The van der Waals surface area contributed by atoms with Crippen LogP contribution in [0, 0.1) is 13.8 Å². The van der Waals surface area contributed by atoms with Crippen molar-refractivity contribution in [2.45, 2.75) is 13.8 Å². The van der Waals surface area contributed by atoms with E-state index in [9.17, 15) is 4.79 Å². The zero-order chi connectivity index (χ0) is 23.5. The maximum atomic E-state index is 13.0. The molecule has 4 aromatic rings. The molecule has 0 bridgehead atoms. The van der Waals surface area contributed by atoms with Gasteiger partial charge in [0.15, 0.2) is 5.69 Å². The highest BCUT2D eigenvalue weighted by molar-refractivity contribution is 6.31. The molecule has 0 aliphatic rings. The highest BCUT2D eigenvalue weighted by Gasteiger charge is 2.27. The van der Waals surface area contributed by atoms with Crippen molar-refractivity contribution < 1.29 is 14.6 Å². The highest BCUT2D eigenvalue weighted by Crippen LogP contribution is 2.36. The average Bonchev–Trinajstić information content (AvgIpc) is 3.20. The number of halogens is 2. The van der Waals surface area contributed by atoms with Gasteiger partial charge in [0.05, 0.1) is 18.0 Å². The Labute approximate surface area is 202 Å². The molecule has 3 aromatic carbocycles. The average molecular weight is 481 g/mol. The predicted octanol–water partition coefficient (Wildman–Crippen LogP) is 6.28. The van der Waals surface area contributed by atoms with Crippen LogP contribution >= 0.6 is 23.2 Å². The van der Waals surface area contributed by atoms with Crippen molar-refractivity contribution in [3.8, 4) is 28.3 Å². The quantitative estimate of drug-likeness (QED) is 0.329. The number of carbonyl (C=O) groups excluding carboxylic acids is 1. The molecule has 168 valence electrons. The number of esters is 1. The molecule has 0 radical (unpaired) electrons. The lowest BCUT2D eigenvalue weighted by Gasteiger charge is -2.16. The molecular weight excluding hydrogens is 459 g/mol. The Morgan fingerprint density at radius 2 is 1.70 bits per heavy atom. The normalized spacial score (nSPS) is 10.9. The van der Waals surface area contributed by atoms with Gasteiger partial charge >= 0.3 is 5.97 Å². The van der Waals surface area contributed by atoms with Gasteiger partial charge in [-0.15, -0.1) is 0 Å². The van der Waals surface area contributed by atoms with E-state index >= 15 is 0 Å². The number of rotatable bonds is 6. The van der Waals surface area contributed by atoms with Crippen molar-refractivity contribution in [3.63, 3.8) is 0 Å². The van der Waals surface area contributed by atoms with E-state index in [1.54, 1.807) is 12.1 Å². The second-order valence-corrected chi connectivity index (χ2v) is 8.51. The molecule has 1 heterocycles. The second-order valence-electron chi connectivity index (χ2n) is 7.63. The number of benzene rings is 3. The fraction of sp³-hybridized carbons (Fsp3) is 0.154. The van der Waals surface area contributed by atoms with Crippen molar-refractivity contribution >= 4 is 29.2 Å². The topological polar surface area (TPSA) is 64.3 Å². The van der Waals surface area contributed by atoms with Crippen molar-refractivity contribution in [1.29, 1.82) is 0 Å². The third kappa shape index (κ3) is 4.81. The van der Waals surface area contributed by atoms with Gasteiger partial charge in [-0.1, -0.05) is 71.2 Å². The van der Waals surface area contributed by atoms with Crippen LogP contribution in [0.25, 0.3) is 28.3 Å². The lowest BCUT2D eigenvalue weighted by Crippen LogP contribution is -2.11. The predicted molar refractivity (Wildman–Crippen MR) is 131 cm³/mol. The third-order valence-electron chi connectivity index (χ3n) is 5.22. The number of aliphatic hydroxyl groups is 1. The van der Waals surface area contributed by atoms with Gasteiger partial charge in [-0.3, -0.25) is 4.57 Å².